The molecule has 60 valence electrons. The molecule has 4 nitrogen and oxygen atoms in total. The quantitative estimate of drug-likeness (QED) is 0.508. The van der Waals surface area contributed by atoms with Crippen LogP contribution in [0.25, 0.3) is 0 Å². The number of carbonyl (C=O) groups excluding carboxylic acids is 1. The Bertz CT molecular complexity index is 244. The number of amides is 2. The zero-order valence-corrected chi connectivity index (χ0v) is 6.96. The van der Waals surface area contributed by atoms with Crippen LogP contribution in [0, 0.1) is 0 Å². The monoisotopic (exact) mass is 153 g/mol. The molecule has 0 aromatic heterocycles. The smallest absolute Gasteiger partial charge is 0.295 e. The predicted octanol–water partition coefficient (Wildman–Crippen LogP) is 0.873. The molecule has 0 aromatic rings. The van der Waals surface area contributed by atoms with Gasteiger partial charge in [-0.05, 0) is 6.92 Å². The van der Waals surface area contributed by atoms with E-state index in [-0.39, 0.29) is 6.03 Å². The van der Waals surface area contributed by atoms with Gasteiger partial charge < -0.3 is 0 Å². The molecule has 0 atom stereocenters. The number of hydrazone groups is 1. The molecule has 0 saturated heterocycles. The highest BCUT2D eigenvalue weighted by Crippen LogP contribution is 2.11. The lowest BCUT2D eigenvalue weighted by molar-refractivity contribution is 0.183. The highest BCUT2D eigenvalue weighted by atomic mass is 16.2. The van der Waals surface area contributed by atoms with Crippen LogP contribution < -0.4 is 0 Å². The van der Waals surface area contributed by atoms with Gasteiger partial charge in [-0.1, -0.05) is 6.58 Å². The van der Waals surface area contributed by atoms with Gasteiger partial charge in [0.1, 0.15) is 0 Å². The fourth-order valence-corrected chi connectivity index (χ4v) is 0.901. The summed E-state index contributed by atoms with van der Waals surface area (Å²) in [6, 6.07) is -0.152. The highest BCUT2D eigenvalue weighted by Gasteiger charge is 2.22. The molecular formula is C7H11N3O. The summed E-state index contributed by atoms with van der Waals surface area (Å²) >= 11 is 0. The third-order valence-corrected chi connectivity index (χ3v) is 1.69. The zero-order chi connectivity index (χ0) is 8.59. The fourth-order valence-electron chi connectivity index (χ4n) is 0.901. The van der Waals surface area contributed by atoms with E-state index in [2.05, 4.69) is 11.7 Å². The van der Waals surface area contributed by atoms with E-state index in [1.54, 1.807) is 14.1 Å². The van der Waals surface area contributed by atoms with Crippen molar-refractivity contribution in [2.45, 2.75) is 6.92 Å². The number of hydrogen-bond acceptors (Lipinski definition) is 2. The first-order chi connectivity index (χ1) is 5.04. The number of carbonyl (C=O) groups is 1. The summed E-state index contributed by atoms with van der Waals surface area (Å²) in [6.07, 6.45) is 0. The standard InChI is InChI=1S/C7H11N3O/c1-5-6(2)9(3)7(11)10(4)8-5/h2H2,1,3-4H3. The normalized spacial score (nSPS) is 19.0. The van der Waals surface area contributed by atoms with Crippen LogP contribution in [0.2, 0.25) is 0 Å². The number of urea groups is 1. The Morgan fingerprint density at radius 3 is 2.55 bits per heavy atom. The van der Waals surface area contributed by atoms with Crippen molar-refractivity contribution in [3.05, 3.63) is 12.3 Å². The Morgan fingerprint density at radius 1 is 1.45 bits per heavy atom. The number of allylic oxidation sites excluding steroid dienone is 1. The molecular weight excluding hydrogens is 142 g/mol. The molecule has 0 radical (unpaired) electrons. The molecule has 0 bridgehead atoms. The molecule has 2 amide bonds. The Morgan fingerprint density at radius 2 is 2.00 bits per heavy atom. The summed E-state index contributed by atoms with van der Waals surface area (Å²) in [5.74, 6) is 0. The molecule has 1 rings (SSSR count). The summed E-state index contributed by atoms with van der Waals surface area (Å²) < 4.78 is 0. The molecule has 0 unspecified atom stereocenters. The third-order valence-electron chi connectivity index (χ3n) is 1.69. The summed E-state index contributed by atoms with van der Waals surface area (Å²) in [5.41, 5.74) is 1.43. The molecule has 1 aliphatic rings. The van der Waals surface area contributed by atoms with E-state index in [9.17, 15) is 4.79 Å². The maximum Gasteiger partial charge on any atom is 0.344 e. The summed E-state index contributed by atoms with van der Waals surface area (Å²) in [4.78, 5) is 12.6. The molecule has 0 aliphatic carbocycles. The summed E-state index contributed by atoms with van der Waals surface area (Å²) in [5, 5.41) is 5.25. The van der Waals surface area contributed by atoms with Gasteiger partial charge in [0.25, 0.3) is 0 Å². The Labute approximate surface area is 65.8 Å². The topological polar surface area (TPSA) is 35.9 Å². The van der Waals surface area contributed by atoms with Gasteiger partial charge in [0.2, 0.25) is 0 Å². The van der Waals surface area contributed by atoms with Crippen molar-refractivity contribution >= 4 is 11.7 Å². The van der Waals surface area contributed by atoms with Gasteiger partial charge in [0.15, 0.2) is 0 Å². The van der Waals surface area contributed by atoms with E-state index in [0.29, 0.717) is 5.70 Å². The van der Waals surface area contributed by atoms with Crippen molar-refractivity contribution in [3.63, 3.8) is 0 Å². The van der Waals surface area contributed by atoms with Crippen molar-refractivity contribution in [3.8, 4) is 0 Å². The first kappa shape index (κ1) is 7.78. The van der Waals surface area contributed by atoms with Crippen LogP contribution in [0.5, 0.6) is 0 Å². The highest BCUT2D eigenvalue weighted by molar-refractivity contribution is 6.02. The van der Waals surface area contributed by atoms with E-state index in [0.717, 1.165) is 5.71 Å². The van der Waals surface area contributed by atoms with Crippen molar-refractivity contribution < 1.29 is 4.79 Å². The van der Waals surface area contributed by atoms with E-state index < -0.39 is 0 Å². The maximum atomic E-state index is 11.2. The number of hydrogen-bond donors (Lipinski definition) is 0. The fraction of sp³-hybridized carbons (Fsp3) is 0.429. The molecule has 11 heavy (non-hydrogen) atoms. The minimum atomic E-state index is -0.152. The lowest BCUT2D eigenvalue weighted by Gasteiger charge is -2.28. The lowest BCUT2D eigenvalue weighted by atomic mass is 10.3. The Hall–Kier alpha value is -1.32. The SMILES string of the molecule is C=C1C(C)=NN(C)C(=O)N1C. The predicted molar refractivity (Wildman–Crippen MR) is 43.2 cm³/mol. The number of nitrogens with zero attached hydrogens (tertiary/aromatic N) is 3. The van der Waals surface area contributed by atoms with Crippen LogP contribution in [0.1, 0.15) is 6.92 Å². The second kappa shape index (κ2) is 2.38. The van der Waals surface area contributed by atoms with Gasteiger partial charge in [-0.3, -0.25) is 4.90 Å². The molecule has 1 heterocycles. The average molecular weight is 153 g/mol. The van der Waals surface area contributed by atoms with Crippen LogP contribution in [0.15, 0.2) is 17.4 Å². The van der Waals surface area contributed by atoms with Crippen LogP contribution in [-0.2, 0) is 0 Å². The molecule has 0 spiro atoms. The minimum absolute atomic E-state index is 0.152. The van der Waals surface area contributed by atoms with Crippen molar-refractivity contribution in [2.24, 2.45) is 5.10 Å². The van der Waals surface area contributed by atoms with E-state index in [1.165, 1.54) is 9.91 Å². The first-order valence-electron chi connectivity index (χ1n) is 3.30. The summed E-state index contributed by atoms with van der Waals surface area (Å²) in [6.45, 7) is 5.53. The molecule has 0 aromatic carbocycles. The zero-order valence-electron chi connectivity index (χ0n) is 6.96. The number of rotatable bonds is 0. The second-order valence-electron chi connectivity index (χ2n) is 2.50. The molecule has 0 N–H and O–H groups in total. The van der Waals surface area contributed by atoms with Gasteiger partial charge in [0, 0.05) is 14.1 Å². The molecule has 0 fully saturated rings. The van der Waals surface area contributed by atoms with Crippen LogP contribution >= 0.6 is 0 Å². The Kier molecular flexibility index (Phi) is 1.68. The average Bonchev–Trinajstić information content (AvgIpc) is 1.97. The van der Waals surface area contributed by atoms with E-state index in [4.69, 9.17) is 0 Å². The van der Waals surface area contributed by atoms with Crippen LogP contribution in [-0.4, -0.2) is 35.7 Å². The Balaban J connectivity index is 3.01. The van der Waals surface area contributed by atoms with E-state index in [1.807, 2.05) is 6.92 Å². The minimum Gasteiger partial charge on any atom is -0.295 e. The third kappa shape index (κ3) is 1.11. The maximum absolute atomic E-state index is 11.2. The first-order valence-corrected chi connectivity index (χ1v) is 3.30. The largest absolute Gasteiger partial charge is 0.344 e. The molecule has 0 saturated carbocycles. The van der Waals surface area contributed by atoms with Gasteiger partial charge in [-0.15, -0.1) is 0 Å². The summed E-state index contributed by atoms with van der Waals surface area (Å²) in [7, 11) is 3.30. The molecule has 1 aliphatic heterocycles. The van der Waals surface area contributed by atoms with Gasteiger partial charge in [-0.2, -0.15) is 5.10 Å². The second-order valence-corrected chi connectivity index (χ2v) is 2.50. The lowest BCUT2D eigenvalue weighted by Crippen LogP contribution is -2.41. The van der Waals surface area contributed by atoms with Crippen molar-refractivity contribution in [2.75, 3.05) is 14.1 Å². The van der Waals surface area contributed by atoms with E-state index >= 15 is 0 Å². The van der Waals surface area contributed by atoms with Gasteiger partial charge in [-0.25, -0.2) is 9.80 Å². The van der Waals surface area contributed by atoms with Gasteiger partial charge >= 0.3 is 6.03 Å². The molecule has 4 heteroatoms. The van der Waals surface area contributed by atoms with Crippen molar-refractivity contribution in [1.82, 2.24) is 9.91 Å². The van der Waals surface area contributed by atoms with Gasteiger partial charge in [0.05, 0.1) is 11.4 Å². The van der Waals surface area contributed by atoms with Crippen LogP contribution in [0.4, 0.5) is 4.79 Å². The van der Waals surface area contributed by atoms with Crippen molar-refractivity contribution in [1.29, 1.82) is 0 Å². The van der Waals surface area contributed by atoms with Crippen LogP contribution in [0.3, 0.4) is 0 Å².